The van der Waals surface area contributed by atoms with Gasteiger partial charge in [0.2, 0.25) is 0 Å². The number of hydrogen-bond acceptors (Lipinski definition) is 2. The summed E-state index contributed by atoms with van der Waals surface area (Å²) in [7, 11) is -1.16. The molecule has 2 N–H and O–H groups in total. The largest absolute Gasteiger partial charge is 0.393 e. The minimum absolute atomic E-state index is 0.0678. The molecule has 1 aliphatic carbocycles. The van der Waals surface area contributed by atoms with Crippen LogP contribution in [0.5, 0.6) is 0 Å². The van der Waals surface area contributed by atoms with Gasteiger partial charge in [0.25, 0.3) is 0 Å². The van der Waals surface area contributed by atoms with Crippen molar-refractivity contribution in [2.45, 2.75) is 51.2 Å². The SMILES string of the molecule is C[Si](C)(C)c1ccc(CNC2CC(O)C2)cc1. The quantitative estimate of drug-likeness (QED) is 0.798. The molecule has 0 aromatic heterocycles. The van der Waals surface area contributed by atoms with E-state index in [2.05, 4.69) is 49.2 Å². The Kier molecular flexibility index (Phi) is 3.71. The predicted molar refractivity (Wildman–Crippen MR) is 75.3 cm³/mol. The normalized spacial score (nSPS) is 24.5. The molecule has 0 heterocycles. The maximum atomic E-state index is 9.21. The van der Waals surface area contributed by atoms with E-state index < -0.39 is 8.07 Å². The number of aliphatic hydroxyl groups is 1. The van der Waals surface area contributed by atoms with Crippen LogP contribution in [0.15, 0.2) is 24.3 Å². The highest BCUT2D eigenvalue weighted by molar-refractivity contribution is 6.88. The van der Waals surface area contributed by atoms with Gasteiger partial charge in [-0.05, 0) is 18.4 Å². The third-order valence-corrected chi connectivity index (χ3v) is 5.59. The number of nitrogens with one attached hydrogen (secondary N) is 1. The summed E-state index contributed by atoms with van der Waals surface area (Å²) < 4.78 is 0. The molecule has 3 heteroatoms. The number of rotatable bonds is 4. The lowest BCUT2D eigenvalue weighted by Crippen LogP contribution is -2.43. The summed E-state index contributed by atoms with van der Waals surface area (Å²) in [5.41, 5.74) is 1.34. The van der Waals surface area contributed by atoms with Gasteiger partial charge in [0.1, 0.15) is 0 Å². The molecule has 0 aliphatic heterocycles. The van der Waals surface area contributed by atoms with E-state index in [1.54, 1.807) is 0 Å². The minimum Gasteiger partial charge on any atom is -0.393 e. The van der Waals surface area contributed by atoms with Gasteiger partial charge in [-0.3, -0.25) is 0 Å². The van der Waals surface area contributed by atoms with Crippen molar-refractivity contribution in [2.75, 3.05) is 0 Å². The second-order valence-corrected chi connectivity index (χ2v) is 11.2. The average Bonchev–Trinajstić information content (AvgIpc) is 2.22. The molecular weight excluding hydrogens is 226 g/mol. The lowest BCUT2D eigenvalue weighted by atomic mass is 9.89. The maximum Gasteiger partial charge on any atom is 0.0775 e. The van der Waals surface area contributed by atoms with Crippen molar-refractivity contribution >= 4 is 13.3 Å². The van der Waals surface area contributed by atoms with Crippen LogP contribution in [0.2, 0.25) is 19.6 Å². The fourth-order valence-electron chi connectivity index (χ4n) is 2.14. The Morgan fingerprint density at radius 2 is 1.76 bits per heavy atom. The first-order valence-corrected chi connectivity index (χ1v) is 9.96. The zero-order chi connectivity index (χ0) is 12.5. The van der Waals surface area contributed by atoms with E-state index in [-0.39, 0.29) is 6.10 Å². The molecule has 0 unspecified atom stereocenters. The lowest BCUT2D eigenvalue weighted by molar-refractivity contribution is 0.0619. The number of aliphatic hydroxyl groups excluding tert-OH is 1. The molecule has 1 aromatic rings. The zero-order valence-corrected chi connectivity index (χ0v) is 12.0. The third kappa shape index (κ3) is 3.41. The van der Waals surface area contributed by atoms with E-state index in [1.807, 2.05) is 0 Å². The van der Waals surface area contributed by atoms with Crippen LogP contribution in [0.25, 0.3) is 0 Å². The molecule has 17 heavy (non-hydrogen) atoms. The fourth-order valence-corrected chi connectivity index (χ4v) is 3.31. The summed E-state index contributed by atoms with van der Waals surface area (Å²) in [4.78, 5) is 0. The van der Waals surface area contributed by atoms with E-state index in [1.165, 1.54) is 10.8 Å². The maximum absolute atomic E-state index is 9.21. The number of hydrogen-bond donors (Lipinski definition) is 2. The van der Waals surface area contributed by atoms with Crippen molar-refractivity contribution in [3.05, 3.63) is 29.8 Å². The van der Waals surface area contributed by atoms with E-state index in [4.69, 9.17) is 0 Å². The predicted octanol–water partition coefficient (Wildman–Crippen LogP) is 1.84. The van der Waals surface area contributed by atoms with Crippen molar-refractivity contribution in [3.63, 3.8) is 0 Å². The molecule has 0 atom stereocenters. The Hall–Kier alpha value is -0.643. The highest BCUT2D eigenvalue weighted by atomic mass is 28.3. The summed E-state index contributed by atoms with van der Waals surface area (Å²) in [6, 6.07) is 9.53. The van der Waals surface area contributed by atoms with Gasteiger partial charge in [-0.1, -0.05) is 49.1 Å². The summed E-state index contributed by atoms with van der Waals surface area (Å²) in [5, 5.41) is 14.2. The summed E-state index contributed by atoms with van der Waals surface area (Å²) in [5.74, 6) is 0. The second-order valence-electron chi connectivity index (χ2n) is 6.15. The van der Waals surface area contributed by atoms with Gasteiger partial charge in [-0.15, -0.1) is 0 Å². The van der Waals surface area contributed by atoms with Crippen LogP contribution in [-0.4, -0.2) is 25.3 Å². The molecule has 2 nitrogen and oxygen atoms in total. The first kappa shape index (κ1) is 12.8. The molecule has 1 saturated carbocycles. The van der Waals surface area contributed by atoms with Crippen LogP contribution >= 0.6 is 0 Å². The second kappa shape index (κ2) is 4.92. The molecule has 1 aromatic carbocycles. The van der Waals surface area contributed by atoms with Gasteiger partial charge < -0.3 is 10.4 Å². The molecule has 2 rings (SSSR count). The summed E-state index contributed by atoms with van der Waals surface area (Å²) >= 11 is 0. The van der Waals surface area contributed by atoms with Gasteiger partial charge in [0.05, 0.1) is 14.2 Å². The van der Waals surface area contributed by atoms with Crippen LogP contribution in [0.1, 0.15) is 18.4 Å². The van der Waals surface area contributed by atoms with Crippen molar-refractivity contribution in [1.82, 2.24) is 5.32 Å². The number of benzene rings is 1. The third-order valence-electron chi connectivity index (χ3n) is 3.53. The first-order valence-electron chi connectivity index (χ1n) is 6.46. The van der Waals surface area contributed by atoms with Crippen LogP contribution in [-0.2, 0) is 6.54 Å². The Morgan fingerprint density at radius 3 is 2.24 bits per heavy atom. The van der Waals surface area contributed by atoms with Gasteiger partial charge >= 0.3 is 0 Å². The fraction of sp³-hybridized carbons (Fsp3) is 0.571. The van der Waals surface area contributed by atoms with E-state index in [0.29, 0.717) is 6.04 Å². The van der Waals surface area contributed by atoms with Crippen molar-refractivity contribution < 1.29 is 5.11 Å². The topological polar surface area (TPSA) is 32.3 Å². The highest BCUT2D eigenvalue weighted by Gasteiger charge is 2.26. The molecule has 0 spiro atoms. The van der Waals surface area contributed by atoms with Crippen molar-refractivity contribution in [3.8, 4) is 0 Å². The van der Waals surface area contributed by atoms with Crippen LogP contribution in [0.3, 0.4) is 0 Å². The zero-order valence-electron chi connectivity index (χ0n) is 11.0. The van der Waals surface area contributed by atoms with Gasteiger partial charge in [-0.2, -0.15) is 0 Å². The monoisotopic (exact) mass is 249 g/mol. The smallest absolute Gasteiger partial charge is 0.0775 e. The standard InChI is InChI=1S/C14H23NOSi/c1-17(2,3)14-6-4-11(5-7-14)10-15-12-8-13(16)9-12/h4-7,12-13,15-16H,8-10H2,1-3H3. The van der Waals surface area contributed by atoms with E-state index >= 15 is 0 Å². The minimum atomic E-state index is -1.16. The molecule has 0 radical (unpaired) electrons. The molecule has 0 bridgehead atoms. The Morgan fingerprint density at radius 1 is 1.18 bits per heavy atom. The Balaban J connectivity index is 1.86. The molecular formula is C14H23NOSi. The van der Waals surface area contributed by atoms with Gasteiger partial charge in [0, 0.05) is 12.6 Å². The lowest BCUT2D eigenvalue weighted by Gasteiger charge is -2.32. The van der Waals surface area contributed by atoms with Crippen molar-refractivity contribution in [2.24, 2.45) is 0 Å². The van der Waals surface area contributed by atoms with Gasteiger partial charge in [0.15, 0.2) is 0 Å². The molecule has 0 amide bonds. The Labute approximate surface area is 105 Å². The first-order chi connectivity index (χ1) is 7.95. The highest BCUT2D eigenvalue weighted by Crippen LogP contribution is 2.19. The van der Waals surface area contributed by atoms with Crippen LogP contribution in [0, 0.1) is 0 Å². The van der Waals surface area contributed by atoms with Crippen LogP contribution < -0.4 is 10.5 Å². The average molecular weight is 249 g/mol. The molecule has 1 aliphatic rings. The summed E-state index contributed by atoms with van der Waals surface area (Å²) in [6.45, 7) is 8.03. The van der Waals surface area contributed by atoms with Crippen LogP contribution in [0.4, 0.5) is 0 Å². The molecule has 94 valence electrons. The van der Waals surface area contributed by atoms with E-state index in [0.717, 1.165) is 19.4 Å². The summed E-state index contributed by atoms with van der Waals surface area (Å²) in [6.07, 6.45) is 1.75. The Bertz CT molecular complexity index is 363. The van der Waals surface area contributed by atoms with Crippen molar-refractivity contribution in [1.29, 1.82) is 0 Å². The van der Waals surface area contributed by atoms with Gasteiger partial charge in [-0.25, -0.2) is 0 Å². The van der Waals surface area contributed by atoms with E-state index in [9.17, 15) is 5.11 Å². The molecule has 0 saturated heterocycles. The molecule has 1 fully saturated rings.